The molecule has 0 atom stereocenters. The molecule has 0 unspecified atom stereocenters. The van der Waals surface area contributed by atoms with Crippen molar-refractivity contribution in [3.63, 3.8) is 0 Å². The molecule has 4 rings (SSSR count). The lowest BCUT2D eigenvalue weighted by atomic mass is 9.91. The van der Waals surface area contributed by atoms with Crippen molar-refractivity contribution in [2.45, 2.75) is 43.0 Å². The monoisotopic (exact) mass is 418 g/mol. The first kappa shape index (κ1) is 16.8. The van der Waals surface area contributed by atoms with Gasteiger partial charge in [-0.05, 0) is 31.0 Å². The number of ether oxygens (including phenoxy) is 1. The maximum Gasteiger partial charge on any atom is 0.247 e. The Balaban J connectivity index is 1.83. The van der Waals surface area contributed by atoms with Gasteiger partial charge in [-0.1, -0.05) is 40.2 Å². The molecule has 1 aliphatic carbocycles. The van der Waals surface area contributed by atoms with E-state index in [-0.39, 0.29) is 0 Å². The maximum absolute atomic E-state index is 6.45. The van der Waals surface area contributed by atoms with Gasteiger partial charge < -0.3 is 10.1 Å². The van der Waals surface area contributed by atoms with Crippen LogP contribution in [0, 0.1) is 0 Å². The van der Waals surface area contributed by atoms with Crippen molar-refractivity contribution < 1.29 is 4.74 Å². The van der Waals surface area contributed by atoms with Crippen LogP contribution in [0.4, 0.5) is 5.69 Å². The lowest BCUT2D eigenvalue weighted by molar-refractivity contribution is 0.0536. The lowest BCUT2D eigenvalue weighted by Gasteiger charge is -2.37. The number of hydrogen-bond donors (Lipinski definition) is 1. The lowest BCUT2D eigenvalue weighted by Crippen LogP contribution is -2.45. The molecule has 1 aliphatic heterocycles. The summed E-state index contributed by atoms with van der Waals surface area (Å²) in [5.74, 6) is 1.30. The molecule has 130 valence electrons. The van der Waals surface area contributed by atoms with Gasteiger partial charge in [0.05, 0.1) is 0 Å². The van der Waals surface area contributed by atoms with Crippen LogP contribution in [-0.2, 0) is 0 Å². The van der Waals surface area contributed by atoms with Gasteiger partial charge in [0.1, 0.15) is 0 Å². The number of halogens is 1. The topological polar surface area (TPSA) is 59.9 Å². The highest BCUT2D eigenvalue weighted by molar-refractivity contribution is 9.10. The molecule has 1 spiro atoms. The summed E-state index contributed by atoms with van der Waals surface area (Å²) in [6.07, 6.45) is 7.28. The van der Waals surface area contributed by atoms with Crippen LogP contribution in [0.3, 0.4) is 0 Å². The molecule has 2 heterocycles. The number of benzene rings is 1. The van der Waals surface area contributed by atoms with Crippen molar-refractivity contribution in [1.29, 1.82) is 0 Å². The smallest absolute Gasteiger partial charge is 0.247 e. The minimum absolute atomic E-state index is 0.414. The van der Waals surface area contributed by atoms with Gasteiger partial charge in [0, 0.05) is 34.3 Å². The largest absolute Gasteiger partial charge is 0.449 e. The number of nitrogens with one attached hydrogen (secondary N) is 1. The van der Waals surface area contributed by atoms with E-state index in [1.54, 1.807) is 0 Å². The molecule has 2 aliphatic rings. The van der Waals surface area contributed by atoms with Gasteiger partial charge in [-0.25, -0.2) is 0 Å². The molecule has 0 radical (unpaired) electrons. The number of nitrogens with zero attached hydrogens (tertiary/aromatic N) is 3. The van der Waals surface area contributed by atoms with Crippen LogP contribution < -0.4 is 10.1 Å². The highest BCUT2D eigenvalue weighted by atomic mass is 79.9. The van der Waals surface area contributed by atoms with E-state index in [2.05, 4.69) is 49.1 Å². The Morgan fingerprint density at radius 2 is 2.12 bits per heavy atom. The van der Waals surface area contributed by atoms with E-state index >= 15 is 0 Å². The summed E-state index contributed by atoms with van der Waals surface area (Å²) in [7, 11) is 0. The highest BCUT2D eigenvalue weighted by Crippen LogP contribution is 2.44. The third-order valence-electron chi connectivity index (χ3n) is 4.52. The minimum Gasteiger partial charge on any atom is -0.449 e. The average Bonchev–Trinajstić information content (AvgIpc) is 2.74. The molecular weight excluding hydrogens is 400 g/mol. The van der Waals surface area contributed by atoms with E-state index < -0.39 is 5.72 Å². The van der Waals surface area contributed by atoms with Crippen molar-refractivity contribution in [1.82, 2.24) is 15.2 Å². The van der Waals surface area contributed by atoms with Crippen molar-refractivity contribution in [2.24, 2.45) is 0 Å². The van der Waals surface area contributed by atoms with Crippen LogP contribution in [0.2, 0.25) is 0 Å². The fourth-order valence-electron chi connectivity index (χ4n) is 3.36. The van der Waals surface area contributed by atoms with Gasteiger partial charge in [0.25, 0.3) is 0 Å². The van der Waals surface area contributed by atoms with Gasteiger partial charge in [-0.3, -0.25) is 0 Å². The molecule has 5 nitrogen and oxygen atoms in total. The summed E-state index contributed by atoms with van der Waals surface area (Å²) in [5.41, 5.74) is 2.26. The number of aromatic nitrogens is 3. The molecule has 25 heavy (non-hydrogen) atoms. The van der Waals surface area contributed by atoms with Crippen LogP contribution in [0.25, 0.3) is 11.3 Å². The van der Waals surface area contributed by atoms with Gasteiger partial charge in [-0.2, -0.15) is 4.98 Å². The van der Waals surface area contributed by atoms with E-state index in [0.29, 0.717) is 16.7 Å². The molecule has 0 bridgehead atoms. The Morgan fingerprint density at radius 1 is 1.28 bits per heavy atom. The predicted molar refractivity (Wildman–Crippen MR) is 104 cm³/mol. The summed E-state index contributed by atoms with van der Waals surface area (Å²) >= 11 is 5.06. The predicted octanol–water partition coefficient (Wildman–Crippen LogP) is 5.04. The standard InChI is InChI=1S/C18H19BrN4OS/c1-2-10-25-17-20-16-15(22-23-17)13-11-12(19)6-7-14(13)21-18(24-16)8-4-3-5-9-18/h2,6-7,11,21H,1,3-5,8-10H2. The Bertz CT molecular complexity index is 808. The van der Waals surface area contributed by atoms with Crippen LogP contribution in [-0.4, -0.2) is 26.7 Å². The Labute approximate surface area is 159 Å². The zero-order valence-corrected chi connectivity index (χ0v) is 16.2. The third kappa shape index (κ3) is 3.40. The number of hydrogen-bond acceptors (Lipinski definition) is 6. The first-order valence-corrected chi connectivity index (χ1v) is 10.2. The van der Waals surface area contributed by atoms with Crippen LogP contribution >= 0.6 is 27.7 Å². The second-order valence-electron chi connectivity index (χ2n) is 6.32. The molecular formula is C18H19BrN4OS. The fourth-order valence-corrected chi connectivity index (χ4v) is 4.23. The summed E-state index contributed by atoms with van der Waals surface area (Å²) < 4.78 is 7.44. The van der Waals surface area contributed by atoms with Crippen molar-refractivity contribution in [3.05, 3.63) is 35.3 Å². The summed E-state index contributed by atoms with van der Waals surface area (Å²) in [6, 6.07) is 6.14. The zero-order chi connectivity index (χ0) is 17.3. The molecule has 1 N–H and O–H groups in total. The van der Waals surface area contributed by atoms with Crippen molar-refractivity contribution in [3.8, 4) is 17.1 Å². The normalized spacial score (nSPS) is 17.6. The van der Waals surface area contributed by atoms with Crippen LogP contribution in [0.5, 0.6) is 5.88 Å². The molecule has 2 aromatic rings. The Kier molecular flexibility index (Phi) is 4.69. The number of rotatable bonds is 3. The van der Waals surface area contributed by atoms with Crippen LogP contribution in [0.1, 0.15) is 32.1 Å². The number of anilines is 1. The van der Waals surface area contributed by atoms with Crippen LogP contribution in [0.15, 0.2) is 40.5 Å². The second-order valence-corrected chi connectivity index (χ2v) is 8.22. The molecule has 0 saturated heterocycles. The van der Waals surface area contributed by atoms with E-state index in [0.717, 1.165) is 47.2 Å². The quantitative estimate of drug-likeness (QED) is 0.556. The minimum atomic E-state index is -0.414. The van der Waals surface area contributed by atoms with Gasteiger partial charge in [-0.15, -0.1) is 16.8 Å². The van der Waals surface area contributed by atoms with Gasteiger partial charge in [0.2, 0.25) is 11.0 Å². The molecule has 1 saturated carbocycles. The third-order valence-corrected chi connectivity index (χ3v) is 5.84. The summed E-state index contributed by atoms with van der Waals surface area (Å²) in [4.78, 5) is 4.65. The summed E-state index contributed by atoms with van der Waals surface area (Å²) in [5, 5.41) is 13.0. The SMILES string of the molecule is C=CCSc1nnc2c(n1)OC1(CCCCC1)Nc1ccc(Br)cc1-2. The van der Waals surface area contributed by atoms with E-state index in [9.17, 15) is 0 Å². The molecule has 7 heteroatoms. The molecule has 1 fully saturated rings. The van der Waals surface area contributed by atoms with E-state index in [1.807, 2.05) is 18.2 Å². The van der Waals surface area contributed by atoms with E-state index in [1.165, 1.54) is 18.2 Å². The second kappa shape index (κ2) is 6.96. The molecule has 1 aromatic carbocycles. The van der Waals surface area contributed by atoms with Crippen molar-refractivity contribution >= 4 is 33.4 Å². The number of fused-ring (bicyclic) bond motifs is 3. The zero-order valence-electron chi connectivity index (χ0n) is 13.8. The van der Waals surface area contributed by atoms with E-state index in [4.69, 9.17) is 4.74 Å². The molecule has 1 aromatic heterocycles. The Morgan fingerprint density at radius 3 is 2.92 bits per heavy atom. The maximum atomic E-state index is 6.45. The van der Waals surface area contributed by atoms with Crippen molar-refractivity contribution in [2.75, 3.05) is 11.1 Å². The van der Waals surface area contributed by atoms with Gasteiger partial charge in [0.15, 0.2) is 11.4 Å². The molecule has 0 amide bonds. The fraction of sp³-hybridized carbons (Fsp3) is 0.389. The average molecular weight is 419 g/mol. The Hall–Kier alpha value is -1.60. The number of thioether (sulfide) groups is 1. The first-order chi connectivity index (χ1) is 12.2. The highest BCUT2D eigenvalue weighted by Gasteiger charge is 2.39. The summed E-state index contributed by atoms with van der Waals surface area (Å²) in [6.45, 7) is 3.74. The van der Waals surface area contributed by atoms with Gasteiger partial charge >= 0.3 is 0 Å². The first-order valence-electron chi connectivity index (χ1n) is 8.45.